The second-order valence-electron chi connectivity index (χ2n) is 9.98. The number of fused-ring (bicyclic) bond motifs is 5. The van der Waals surface area contributed by atoms with Gasteiger partial charge < -0.3 is 4.74 Å². The van der Waals surface area contributed by atoms with E-state index >= 15 is 0 Å². The van der Waals surface area contributed by atoms with Gasteiger partial charge in [0.1, 0.15) is 11.9 Å². The minimum absolute atomic E-state index is 0.0629. The Kier molecular flexibility index (Phi) is 4.40. The molecule has 0 aromatic rings. The molecular formula is C23H32O4. The lowest BCUT2D eigenvalue weighted by atomic mass is 9.46. The van der Waals surface area contributed by atoms with Crippen LogP contribution in [0.2, 0.25) is 0 Å². The largest absolute Gasteiger partial charge is 0.458 e. The molecule has 27 heavy (non-hydrogen) atoms. The van der Waals surface area contributed by atoms with Gasteiger partial charge in [0, 0.05) is 19.3 Å². The molecule has 0 unspecified atom stereocenters. The topological polar surface area (TPSA) is 60.4 Å². The Hall–Kier alpha value is -1.45. The summed E-state index contributed by atoms with van der Waals surface area (Å²) >= 11 is 0. The van der Waals surface area contributed by atoms with Crippen LogP contribution in [0.15, 0.2) is 11.6 Å². The van der Waals surface area contributed by atoms with E-state index in [2.05, 4.69) is 13.8 Å². The lowest BCUT2D eigenvalue weighted by molar-refractivity contribution is -0.153. The molecule has 0 heterocycles. The molecule has 0 radical (unpaired) electrons. The van der Waals surface area contributed by atoms with Crippen molar-refractivity contribution < 1.29 is 19.1 Å². The molecule has 4 rings (SSSR count). The maximum Gasteiger partial charge on any atom is 0.303 e. The lowest BCUT2D eigenvalue weighted by Gasteiger charge is -2.59. The van der Waals surface area contributed by atoms with Gasteiger partial charge in [-0.25, -0.2) is 0 Å². The molecule has 0 aliphatic heterocycles. The van der Waals surface area contributed by atoms with Gasteiger partial charge in [-0.3, -0.25) is 14.4 Å². The van der Waals surface area contributed by atoms with Crippen LogP contribution in [0.25, 0.3) is 0 Å². The number of esters is 1. The number of hydrogen-bond acceptors (Lipinski definition) is 4. The van der Waals surface area contributed by atoms with Crippen molar-refractivity contribution in [2.75, 3.05) is 0 Å². The predicted octanol–water partition coefficient (Wildman–Crippen LogP) is 4.27. The molecule has 3 fully saturated rings. The van der Waals surface area contributed by atoms with Crippen molar-refractivity contribution in [3.8, 4) is 0 Å². The Morgan fingerprint density at radius 3 is 2.48 bits per heavy atom. The van der Waals surface area contributed by atoms with Crippen LogP contribution >= 0.6 is 0 Å². The summed E-state index contributed by atoms with van der Waals surface area (Å²) in [6.45, 7) is 7.83. The van der Waals surface area contributed by atoms with Gasteiger partial charge in [0.05, 0.1) is 0 Å². The molecule has 4 nitrogen and oxygen atoms in total. The van der Waals surface area contributed by atoms with Crippen LogP contribution in [0.1, 0.15) is 72.6 Å². The molecule has 0 saturated heterocycles. The summed E-state index contributed by atoms with van der Waals surface area (Å²) in [7, 11) is 0. The molecule has 3 saturated carbocycles. The summed E-state index contributed by atoms with van der Waals surface area (Å²) in [5.41, 5.74) is 1.07. The molecule has 4 heteroatoms. The zero-order valence-electron chi connectivity index (χ0n) is 17.0. The highest BCUT2D eigenvalue weighted by molar-refractivity contribution is 5.92. The number of hydrogen-bond donors (Lipinski definition) is 0. The predicted molar refractivity (Wildman–Crippen MR) is 102 cm³/mol. The number of carbonyl (C=O) groups is 3. The van der Waals surface area contributed by atoms with E-state index < -0.39 is 0 Å². The molecule has 0 aromatic carbocycles. The van der Waals surface area contributed by atoms with E-state index in [0.717, 1.165) is 44.1 Å². The monoisotopic (exact) mass is 372 g/mol. The molecule has 0 spiro atoms. The first-order valence-corrected chi connectivity index (χ1v) is 10.6. The van der Waals surface area contributed by atoms with Crippen molar-refractivity contribution in [3.63, 3.8) is 0 Å². The first-order valence-electron chi connectivity index (χ1n) is 10.6. The van der Waals surface area contributed by atoms with E-state index in [1.807, 2.05) is 0 Å². The van der Waals surface area contributed by atoms with Crippen molar-refractivity contribution in [3.05, 3.63) is 11.6 Å². The maximum absolute atomic E-state index is 12.3. The second kappa shape index (κ2) is 6.28. The van der Waals surface area contributed by atoms with E-state index in [1.54, 1.807) is 13.0 Å². The normalized spacial score (nSPS) is 46.0. The van der Waals surface area contributed by atoms with Gasteiger partial charge in [-0.2, -0.15) is 0 Å². The zero-order chi connectivity index (χ0) is 19.6. The fourth-order valence-electron chi connectivity index (χ4n) is 7.56. The summed E-state index contributed by atoms with van der Waals surface area (Å²) in [4.78, 5) is 36.2. The van der Waals surface area contributed by atoms with E-state index in [4.69, 9.17) is 4.74 Å². The van der Waals surface area contributed by atoms with Gasteiger partial charge in [0.25, 0.3) is 0 Å². The molecule has 0 N–H and O–H groups in total. The quantitative estimate of drug-likeness (QED) is 0.679. The molecular weight excluding hydrogens is 340 g/mol. The van der Waals surface area contributed by atoms with E-state index in [9.17, 15) is 14.4 Å². The van der Waals surface area contributed by atoms with Gasteiger partial charge in [-0.15, -0.1) is 0 Å². The number of rotatable bonds is 2. The van der Waals surface area contributed by atoms with Crippen LogP contribution in [-0.4, -0.2) is 23.6 Å². The molecule has 148 valence electrons. The van der Waals surface area contributed by atoms with Crippen LogP contribution in [0.3, 0.4) is 0 Å². The van der Waals surface area contributed by atoms with E-state index in [0.29, 0.717) is 30.0 Å². The van der Waals surface area contributed by atoms with Gasteiger partial charge in [-0.1, -0.05) is 13.8 Å². The van der Waals surface area contributed by atoms with Gasteiger partial charge in [0.15, 0.2) is 5.78 Å². The summed E-state index contributed by atoms with van der Waals surface area (Å²) in [5.74, 6) is 1.90. The van der Waals surface area contributed by atoms with Crippen molar-refractivity contribution in [2.45, 2.75) is 78.7 Å². The number of Topliss-reactive ketones (excluding diaryl/α,β-unsaturated/α-hetero) is 1. The Morgan fingerprint density at radius 1 is 1.07 bits per heavy atom. The summed E-state index contributed by atoms with van der Waals surface area (Å²) in [6.07, 6.45) is 8.06. The fraction of sp³-hybridized carbons (Fsp3) is 0.783. The highest BCUT2D eigenvalue weighted by Gasteiger charge is 2.61. The maximum atomic E-state index is 12.3. The van der Waals surface area contributed by atoms with Crippen LogP contribution in [0.4, 0.5) is 0 Å². The van der Waals surface area contributed by atoms with Gasteiger partial charge in [0.2, 0.25) is 0 Å². The van der Waals surface area contributed by atoms with Crippen molar-refractivity contribution >= 4 is 17.5 Å². The number of ketones is 2. The molecule has 0 bridgehead atoms. The van der Waals surface area contributed by atoms with E-state index in [1.165, 1.54) is 6.92 Å². The molecule has 7 atom stereocenters. The Morgan fingerprint density at radius 2 is 1.81 bits per heavy atom. The molecule has 0 amide bonds. The first kappa shape index (κ1) is 18.9. The minimum Gasteiger partial charge on any atom is -0.458 e. The van der Waals surface area contributed by atoms with Crippen molar-refractivity contribution in [1.82, 2.24) is 0 Å². The zero-order valence-corrected chi connectivity index (χ0v) is 17.0. The fourth-order valence-corrected chi connectivity index (χ4v) is 7.56. The summed E-state index contributed by atoms with van der Waals surface area (Å²) in [6, 6.07) is 0. The van der Waals surface area contributed by atoms with Gasteiger partial charge >= 0.3 is 5.97 Å². The first-order chi connectivity index (χ1) is 12.7. The Balaban J connectivity index is 1.73. The molecule has 0 aromatic heterocycles. The Labute approximate surface area is 162 Å². The number of carbonyl (C=O) groups excluding carboxylic acids is 3. The van der Waals surface area contributed by atoms with Crippen LogP contribution in [0.5, 0.6) is 0 Å². The smallest absolute Gasteiger partial charge is 0.303 e. The number of ether oxygens (including phenoxy) is 1. The van der Waals surface area contributed by atoms with Crippen LogP contribution in [-0.2, 0) is 19.1 Å². The van der Waals surface area contributed by atoms with E-state index in [-0.39, 0.29) is 34.6 Å². The van der Waals surface area contributed by atoms with Crippen molar-refractivity contribution in [2.24, 2.45) is 34.5 Å². The third-order valence-corrected chi connectivity index (χ3v) is 8.75. The minimum atomic E-state index is -0.281. The highest BCUT2D eigenvalue weighted by atomic mass is 16.5. The highest BCUT2D eigenvalue weighted by Crippen LogP contribution is 2.66. The third-order valence-electron chi connectivity index (χ3n) is 8.75. The SMILES string of the molecule is CC(=O)O[C@@H]1C[C@H]2[C@@H]3CC[C@H](C(C)=O)[C@@]3(C)CC[C@@H]2[C@@]2(C)CCC(=O)C=C12. The lowest BCUT2D eigenvalue weighted by Crippen LogP contribution is -2.54. The van der Waals surface area contributed by atoms with Gasteiger partial charge in [-0.05, 0) is 85.7 Å². The summed E-state index contributed by atoms with van der Waals surface area (Å²) < 4.78 is 5.75. The van der Waals surface area contributed by atoms with Crippen molar-refractivity contribution in [1.29, 1.82) is 0 Å². The van der Waals surface area contributed by atoms with Crippen LogP contribution < -0.4 is 0 Å². The summed E-state index contributed by atoms with van der Waals surface area (Å²) in [5, 5.41) is 0. The molecule has 4 aliphatic rings. The Bertz CT molecular complexity index is 722. The van der Waals surface area contributed by atoms with Crippen LogP contribution in [0, 0.1) is 34.5 Å². The second-order valence-corrected chi connectivity index (χ2v) is 9.98. The standard InChI is InChI=1S/C23H32O4/c1-13(24)17-5-6-18-16-12-21(27-14(2)25)20-11-15(26)7-9-23(20,4)19(16)8-10-22(17,18)3/h11,16-19,21H,5-10,12H2,1-4H3/t16-,17+,18-,19-,21+,22+,23+/m0/s1. The average molecular weight is 373 g/mol. The average Bonchev–Trinajstić information content (AvgIpc) is 2.93. The molecule has 4 aliphatic carbocycles. The third kappa shape index (κ3) is 2.74.